The Morgan fingerprint density at radius 2 is 1.95 bits per heavy atom. The Hall–Kier alpha value is -1.62. The van der Waals surface area contributed by atoms with E-state index in [-0.39, 0.29) is 11.6 Å². The Labute approximate surface area is 125 Å². The van der Waals surface area contributed by atoms with Gasteiger partial charge in [0.05, 0.1) is 0 Å². The SMILES string of the molecule is CCC(C)(C)NC(=O)N1CCN(c2ccccc2)C1=S. The molecule has 2 amide bonds. The lowest BCUT2D eigenvalue weighted by atomic mass is 10.0. The van der Waals surface area contributed by atoms with Gasteiger partial charge in [-0.15, -0.1) is 0 Å². The Morgan fingerprint density at radius 1 is 1.30 bits per heavy atom. The molecule has 1 aromatic carbocycles. The van der Waals surface area contributed by atoms with Crippen molar-refractivity contribution in [2.24, 2.45) is 0 Å². The van der Waals surface area contributed by atoms with Crippen LogP contribution in [-0.4, -0.2) is 34.7 Å². The van der Waals surface area contributed by atoms with Crippen molar-refractivity contribution in [2.45, 2.75) is 32.7 Å². The van der Waals surface area contributed by atoms with Gasteiger partial charge in [-0.2, -0.15) is 0 Å². The molecule has 1 aliphatic rings. The van der Waals surface area contributed by atoms with Gasteiger partial charge in [0, 0.05) is 24.3 Å². The van der Waals surface area contributed by atoms with E-state index in [0.29, 0.717) is 11.7 Å². The molecule has 20 heavy (non-hydrogen) atoms. The molecule has 0 saturated carbocycles. The number of nitrogens with one attached hydrogen (secondary N) is 1. The maximum absolute atomic E-state index is 12.3. The van der Waals surface area contributed by atoms with Crippen LogP contribution in [0, 0.1) is 0 Å². The summed E-state index contributed by atoms with van der Waals surface area (Å²) in [5.74, 6) is 0. The molecular formula is C15H21N3OS. The third kappa shape index (κ3) is 3.10. The third-order valence-electron chi connectivity index (χ3n) is 3.65. The van der Waals surface area contributed by atoms with Crippen molar-refractivity contribution < 1.29 is 4.79 Å². The van der Waals surface area contributed by atoms with Crippen LogP contribution in [-0.2, 0) is 0 Å². The van der Waals surface area contributed by atoms with Gasteiger partial charge in [-0.1, -0.05) is 25.1 Å². The summed E-state index contributed by atoms with van der Waals surface area (Å²) >= 11 is 5.44. The molecule has 1 saturated heterocycles. The minimum Gasteiger partial charge on any atom is -0.333 e. The van der Waals surface area contributed by atoms with E-state index in [1.54, 1.807) is 4.90 Å². The molecule has 2 rings (SSSR count). The van der Waals surface area contributed by atoms with Gasteiger partial charge in [0.2, 0.25) is 0 Å². The van der Waals surface area contributed by atoms with Gasteiger partial charge >= 0.3 is 6.03 Å². The molecule has 0 radical (unpaired) electrons. The molecule has 0 unspecified atom stereocenters. The maximum Gasteiger partial charge on any atom is 0.324 e. The van der Waals surface area contributed by atoms with Crippen LogP contribution in [0.3, 0.4) is 0 Å². The summed E-state index contributed by atoms with van der Waals surface area (Å²) in [6.45, 7) is 7.44. The predicted molar refractivity (Wildman–Crippen MR) is 86.0 cm³/mol. The first kappa shape index (κ1) is 14.8. The van der Waals surface area contributed by atoms with Gasteiger partial charge in [0.15, 0.2) is 5.11 Å². The number of benzene rings is 1. The second kappa shape index (κ2) is 5.79. The number of hydrogen-bond donors (Lipinski definition) is 1. The molecule has 0 aliphatic carbocycles. The lowest BCUT2D eigenvalue weighted by Crippen LogP contribution is -2.50. The van der Waals surface area contributed by atoms with E-state index in [1.165, 1.54) is 0 Å². The zero-order chi connectivity index (χ0) is 14.8. The zero-order valence-corrected chi connectivity index (χ0v) is 13.0. The number of carbonyl (C=O) groups excluding carboxylic acids is 1. The molecule has 1 N–H and O–H groups in total. The molecule has 4 nitrogen and oxygen atoms in total. The van der Waals surface area contributed by atoms with Crippen molar-refractivity contribution in [2.75, 3.05) is 18.0 Å². The molecule has 0 spiro atoms. The van der Waals surface area contributed by atoms with E-state index in [0.717, 1.165) is 18.7 Å². The quantitative estimate of drug-likeness (QED) is 0.870. The van der Waals surface area contributed by atoms with Crippen molar-refractivity contribution in [1.29, 1.82) is 0 Å². The van der Waals surface area contributed by atoms with Crippen LogP contribution in [0.2, 0.25) is 0 Å². The average Bonchev–Trinajstić information content (AvgIpc) is 2.81. The highest BCUT2D eigenvalue weighted by Gasteiger charge is 2.32. The highest BCUT2D eigenvalue weighted by atomic mass is 32.1. The van der Waals surface area contributed by atoms with Gasteiger partial charge in [-0.3, -0.25) is 4.90 Å². The molecular weight excluding hydrogens is 270 g/mol. The number of anilines is 1. The van der Waals surface area contributed by atoms with Crippen LogP contribution < -0.4 is 10.2 Å². The fourth-order valence-electron chi connectivity index (χ4n) is 2.02. The zero-order valence-electron chi connectivity index (χ0n) is 12.2. The molecule has 108 valence electrons. The van der Waals surface area contributed by atoms with E-state index >= 15 is 0 Å². The van der Waals surface area contributed by atoms with Crippen LogP contribution in [0.4, 0.5) is 10.5 Å². The van der Waals surface area contributed by atoms with Gasteiger partial charge in [0.1, 0.15) is 0 Å². The second-order valence-electron chi connectivity index (χ2n) is 5.59. The first-order chi connectivity index (χ1) is 9.44. The number of hydrogen-bond acceptors (Lipinski definition) is 2. The van der Waals surface area contributed by atoms with Crippen LogP contribution in [0.15, 0.2) is 30.3 Å². The Bertz CT molecular complexity index is 501. The van der Waals surface area contributed by atoms with E-state index in [1.807, 2.05) is 49.1 Å². The van der Waals surface area contributed by atoms with E-state index in [9.17, 15) is 4.79 Å². The lowest BCUT2D eigenvalue weighted by Gasteiger charge is -2.28. The van der Waals surface area contributed by atoms with Gasteiger partial charge in [-0.05, 0) is 44.6 Å². The molecule has 5 heteroatoms. The molecule has 0 aromatic heterocycles. The molecule has 0 atom stereocenters. The van der Waals surface area contributed by atoms with E-state index < -0.39 is 0 Å². The lowest BCUT2D eigenvalue weighted by molar-refractivity contribution is 0.211. The average molecular weight is 291 g/mol. The maximum atomic E-state index is 12.3. The highest BCUT2D eigenvalue weighted by Crippen LogP contribution is 2.20. The first-order valence-corrected chi connectivity index (χ1v) is 7.31. The van der Waals surface area contributed by atoms with Crippen LogP contribution in [0.1, 0.15) is 27.2 Å². The third-order valence-corrected chi connectivity index (χ3v) is 4.09. The Kier molecular flexibility index (Phi) is 4.28. The summed E-state index contributed by atoms with van der Waals surface area (Å²) in [6.07, 6.45) is 0.877. The molecule has 1 fully saturated rings. The summed E-state index contributed by atoms with van der Waals surface area (Å²) in [4.78, 5) is 15.9. The van der Waals surface area contributed by atoms with Gasteiger partial charge in [0.25, 0.3) is 0 Å². The summed E-state index contributed by atoms with van der Waals surface area (Å²) in [6, 6.07) is 9.81. The molecule has 1 aromatic rings. The van der Waals surface area contributed by atoms with Crippen molar-refractivity contribution in [3.05, 3.63) is 30.3 Å². The summed E-state index contributed by atoms with van der Waals surface area (Å²) in [5, 5.41) is 3.59. The predicted octanol–water partition coefficient (Wildman–Crippen LogP) is 2.99. The van der Waals surface area contributed by atoms with Crippen molar-refractivity contribution in [1.82, 2.24) is 10.2 Å². The molecule has 1 aliphatic heterocycles. The normalized spacial score (nSPS) is 15.7. The van der Waals surface area contributed by atoms with Crippen LogP contribution >= 0.6 is 12.2 Å². The summed E-state index contributed by atoms with van der Waals surface area (Å²) in [7, 11) is 0. The summed E-state index contributed by atoms with van der Waals surface area (Å²) in [5.41, 5.74) is 0.815. The van der Waals surface area contributed by atoms with Crippen molar-refractivity contribution in [3.8, 4) is 0 Å². The number of nitrogens with zero attached hydrogens (tertiary/aromatic N) is 2. The van der Waals surface area contributed by atoms with Crippen LogP contribution in [0.5, 0.6) is 0 Å². The minimum absolute atomic E-state index is 0.111. The van der Waals surface area contributed by atoms with Crippen molar-refractivity contribution >= 4 is 29.0 Å². The fraction of sp³-hybridized carbons (Fsp3) is 0.467. The fourth-order valence-corrected chi connectivity index (χ4v) is 2.39. The molecule has 1 heterocycles. The van der Waals surface area contributed by atoms with Crippen LogP contribution in [0.25, 0.3) is 0 Å². The number of para-hydroxylation sites is 1. The molecule has 0 bridgehead atoms. The first-order valence-electron chi connectivity index (χ1n) is 6.91. The topological polar surface area (TPSA) is 35.6 Å². The second-order valence-corrected chi connectivity index (χ2v) is 5.95. The van der Waals surface area contributed by atoms with Gasteiger partial charge in [-0.25, -0.2) is 4.79 Å². The Balaban J connectivity index is 2.06. The standard InChI is InChI=1S/C15H21N3OS/c1-4-15(2,3)16-13(19)18-11-10-17(14(18)20)12-8-6-5-7-9-12/h5-9H,4,10-11H2,1-3H3,(H,16,19). The number of amides is 2. The summed E-state index contributed by atoms with van der Waals surface area (Å²) < 4.78 is 0. The number of urea groups is 1. The van der Waals surface area contributed by atoms with E-state index in [4.69, 9.17) is 12.2 Å². The Morgan fingerprint density at radius 3 is 2.55 bits per heavy atom. The smallest absolute Gasteiger partial charge is 0.324 e. The minimum atomic E-state index is -0.215. The van der Waals surface area contributed by atoms with E-state index in [2.05, 4.69) is 12.2 Å². The van der Waals surface area contributed by atoms with Gasteiger partial charge < -0.3 is 10.2 Å². The monoisotopic (exact) mass is 291 g/mol. The largest absolute Gasteiger partial charge is 0.333 e. The van der Waals surface area contributed by atoms with Crippen molar-refractivity contribution in [3.63, 3.8) is 0 Å². The highest BCUT2D eigenvalue weighted by molar-refractivity contribution is 7.80. The number of thiocarbonyl (C=S) groups is 1. The number of rotatable bonds is 3. The number of carbonyl (C=O) groups is 1.